The molecule has 4 nitrogen and oxygen atoms in total. The molecule has 2 N–H and O–H groups in total. The van der Waals surface area contributed by atoms with Crippen molar-refractivity contribution in [2.45, 2.75) is 52.0 Å². The van der Waals surface area contributed by atoms with E-state index in [2.05, 4.69) is 11.8 Å². The van der Waals surface area contributed by atoms with Gasteiger partial charge in [0.25, 0.3) is 0 Å². The summed E-state index contributed by atoms with van der Waals surface area (Å²) >= 11 is 0. The zero-order valence-electron chi connectivity index (χ0n) is 14.0. The van der Waals surface area contributed by atoms with Crippen molar-refractivity contribution in [3.8, 4) is 0 Å². The monoisotopic (exact) mass is 353 g/mol. The lowest BCUT2D eigenvalue weighted by Crippen LogP contribution is -2.46. The van der Waals surface area contributed by atoms with Gasteiger partial charge in [-0.15, -0.1) is 24.8 Å². The Labute approximate surface area is 148 Å². The van der Waals surface area contributed by atoms with Gasteiger partial charge in [-0.25, -0.2) is 0 Å². The lowest BCUT2D eigenvalue weighted by Gasteiger charge is -2.38. The van der Waals surface area contributed by atoms with Gasteiger partial charge in [-0.05, 0) is 57.5 Å². The fourth-order valence-electron chi connectivity index (χ4n) is 3.45. The smallest absolute Gasteiger partial charge is 0.224 e. The van der Waals surface area contributed by atoms with Gasteiger partial charge in [0.2, 0.25) is 5.91 Å². The van der Waals surface area contributed by atoms with Crippen LogP contribution in [0.5, 0.6) is 0 Å². The SMILES string of the molecule is CC(N)CC(=O)N1CCCC(CN2CCC(C)CC2)C1.Cl.Cl. The van der Waals surface area contributed by atoms with E-state index in [1.165, 1.54) is 38.9 Å². The Bertz CT molecular complexity index is 321. The molecule has 2 rings (SSSR count). The molecule has 1 amide bonds. The van der Waals surface area contributed by atoms with Crippen LogP contribution in [0.3, 0.4) is 0 Å². The summed E-state index contributed by atoms with van der Waals surface area (Å²) in [6.45, 7) is 9.79. The summed E-state index contributed by atoms with van der Waals surface area (Å²) in [5.74, 6) is 1.80. The molecule has 132 valence electrons. The number of amides is 1. The first-order chi connectivity index (χ1) is 9.54. The van der Waals surface area contributed by atoms with Crippen LogP contribution in [-0.4, -0.2) is 54.5 Å². The Hall–Kier alpha value is -0.0300. The van der Waals surface area contributed by atoms with Gasteiger partial charge in [-0.2, -0.15) is 0 Å². The summed E-state index contributed by atoms with van der Waals surface area (Å²) in [6.07, 6.45) is 5.58. The molecule has 2 heterocycles. The number of nitrogens with two attached hydrogens (primary N) is 1. The highest BCUT2D eigenvalue weighted by Gasteiger charge is 2.26. The molecule has 0 aliphatic carbocycles. The molecule has 0 bridgehead atoms. The zero-order chi connectivity index (χ0) is 14.5. The van der Waals surface area contributed by atoms with Gasteiger partial charge in [0.05, 0.1) is 0 Å². The molecule has 0 aromatic carbocycles. The third kappa shape index (κ3) is 7.03. The van der Waals surface area contributed by atoms with Crippen LogP contribution in [-0.2, 0) is 4.79 Å². The third-order valence-corrected chi connectivity index (χ3v) is 4.76. The maximum Gasteiger partial charge on any atom is 0.224 e. The normalized spacial score (nSPS) is 25.0. The molecule has 2 aliphatic rings. The number of hydrogen-bond donors (Lipinski definition) is 1. The lowest BCUT2D eigenvalue weighted by atomic mass is 9.94. The first-order valence-electron chi connectivity index (χ1n) is 8.30. The number of likely N-dealkylation sites (tertiary alicyclic amines) is 2. The fourth-order valence-corrected chi connectivity index (χ4v) is 3.45. The molecule has 2 fully saturated rings. The van der Waals surface area contributed by atoms with E-state index in [9.17, 15) is 4.79 Å². The molecule has 0 radical (unpaired) electrons. The molecule has 6 heteroatoms. The van der Waals surface area contributed by atoms with Crippen LogP contribution in [0, 0.1) is 11.8 Å². The second kappa shape index (κ2) is 10.7. The van der Waals surface area contributed by atoms with Gasteiger partial charge in [0, 0.05) is 32.1 Å². The molecule has 0 spiro atoms. The molecular formula is C16H33Cl2N3O. The van der Waals surface area contributed by atoms with Crippen molar-refractivity contribution in [1.29, 1.82) is 0 Å². The van der Waals surface area contributed by atoms with Crippen molar-refractivity contribution in [3.05, 3.63) is 0 Å². The predicted octanol–water partition coefficient (Wildman–Crippen LogP) is 2.54. The van der Waals surface area contributed by atoms with Crippen molar-refractivity contribution in [2.24, 2.45) is 17.6 Å². The number of nitrogens with zero attached hydrogens (tertiary/aromatic N) is 2. The number of rotatable bonds is 4. The van der Waals surface area contributed by atoms with E-state index in [-0.39, 0.29) is 36.8 Å². The molecule has 2 saturated heterocycles. The van der Waals surface area contributed by atoms with E-state index in [0.717, 1.165) is 25.4 Å². The average molecular weight is 354 g/mol. The van der Waals surface area contributed by atoms with Gasteiger partial charge in [0.15, 0.2) is 0 Å². The summed E-state index contributed by atoms with van der Waals surface area (Å²) in [4.78, 5) is 16.8. The predicted molar refractivity (Wildman–Crippen MR) is 96.9 cm³/mol. The van der Waals surface area contributed by atoms with Crippen molar-refractivity contribution in [3.63, 3.8) is 0 Å². The summed E-state index contributed by atoms with van der Waals surface area (Å²) in [7, 11) is 0. The number of carbonyl (C=O) groups excluding carboxylic acids is 1. The number of halogens is 2. The largest absolute Gasteiger partial charge is 0.342 e. The van der Waals surface area contributed by atoms with Crippen LogP contribution < -0.4 is 5.73 Å². The molecule has 0 aromatic heterocycles. The van der Waals surface area contributed by atoms with Crippen molar-refractivity contribution >= 4 is 30.7 Å². The maximum atomic E-state index is 12.1. The molecule has 2 aliphatic heterocycles. The molecule has 22 heavy (non-hydrogen) atoms. The highest BCUT2D eigenvalue weighted by atomic mass is 35.5. The van der Waals surface area contributed by atoms with Crippen LogP contribution >= 0.6 is 24.8 Å². The van der Waals surface area contributed by atoms with Crippen LogP contribution in [0.2, 0.25) is 0 Å². The van der Waals surface area contributed by atoms with Gasteiger partial charge >= 0.3 is 0 Å². The van der Waals surface area contributed by atoms with E-state index < -0.39 is 0 Å². The Morgan fingerprint density at radius 1 is 1.18 bits per heavy atom. The minimum absolute atomic E-state index is 0. The Balaban J connectivity index is 0.00000220. The van der Waals surface area contributed by atoms with Crippen molar-refractivity contribution in [1.82, 2.24) is 9.80 Å². The quantitative estimate of drug-likeness (QED) is 0.844. The Kier molecular flexibility index (Phi) is 10.7. The molecule has 0 saturated carbocycles. The van der Waals surface area contributed by atoms with Gasteiger partial charge < -0.3 is 15.5 Å². The van der Waals surface area contributed by atoms with Crippen LogP contribution in [0.25, 0.3) is 0 Å². The number of carbonyl (C=O) groups is 1. The first-order valence-corrected chi connectivity index (χ1v) is 8.30. The minimum atomic E-state index is -0.0218. The maximum absolute atomic E-state index is 12.1. The summed E-state index contributed by atoms with van der Waals surface area (Å²) < 4.78 is 0. The van der Waals surface area contributed by atoms with E-state index in [1.807, 2.05) is 11.8 Å². The molecule has 0 aromatic rings. The van der Waals surface area contributed by atoms with E-state index in [4.69, 9.17) is 5.73 Å². The van der Waals surface area contributed by atoms with Crippen molar-refractivity contribution < 1.29 is 4.79 Å². The third-order valence-electron chi connectivity index (χ3n) is 4.76. The minimum Gasteiger partial charge on any atom is -0.342 e. The molecule has 2 atom stereocenters. The Morgan fingerprint density at radius 2 is 1.82 bits per heavy atom. The fraction of sp³-hybridized carbons (Fsp3) is 0.938. The number of piperidine rings is 2. The zero-order valence-corrected chi connectivity index (χ0v) is 15.6. The highest BCUT2D eigenvalue weighted by Crippen LogP contribution is 2.22. The van der Waals surface area contributed by atoms with E-state index in [1.54, 1.807) is 0 Å². The standard InChI is InChI=1S/C16H31N3O.2ClH/c1-13-5-8-18(9-6-13)11-15-4-3-7-19(12-15)16(20)10-14(2)17;;/h13-15H,3-12,17H2,1-2H3;2*1H. The number of hydrogen-bond acceptors (Lipinski definition) is 3. The van der Waals surface area contributed by atoms with Gasteiger partial charge in [-0.3, -0.25) is 4.79 Å². The lowest BCUT2D eigenvalue weighted by molar-refractivity contribution is -0.133. The van der Waals surface area contributed by atoms with Crippen molar-refractivity contribution in [2.75, 3.05) is 32.7 Å². The topological polar surface area (TPSA) is 49.6 Å². The Morgan fingerprint density at radius 3 is 2.41 bits per heavy atom. The second-order valence-corrected chi connectivity index (χ2v) is 7.01. The van der Waals surface area contributed by atoms with E-state index in [0.29, 0.717) is 12.3 Å². The highest BCUT2D eigenvalue weighted by molar-refractivity contribution is 5.85. The first kappa shape index (κ1) is 22.0. The van der Waals surface area contributed by atoms with Crippen LogP contribution in [0.1, 0.15) is 46.0 Å². The second-order valence-electron chi connectivity index (χ2n) is 7.01. The van der Waals surface area contributed by atoms with Gasteiger partial charge in [-0.1, -0.05) is 6.92 Å². The van der Waals surface area contributed by atoms with Crippen LogP contribution in [0.4, 0.5) is 0 Å². The molecule has 2 unspecified atom stereocenters. The van der Waals surface area contributed by atoms with Gasteiger partial charge in [0.1, 0.15) is 0 Å². The van der Waals surface area contributed by atoms with E-state index >= 15 is 0 Å². The van der Waals surface area contributed by atoms with Crippen LogP contribution in [0.15, 0.2) is 0 Å². The summed E-state index contributed by atoms with van der Waals surface area (Å²) in [5, 5.41) is 0. The summed E-state index contributed by atoms with van der Waals surface area (Å²) in [5.41, 5.74) is 5.74. The average Bonchev–Trinajstić information content (AvgIpc) is 2.41. The molecular weight excluding hydrogens is 321 g/mol. The summed E-state index contributed by atoms with van der Waals surface area (Å²) in [6, 6.07) is -0.0218.